The maximum atomic E-state index is 11.2. The quantitative estimate of drug-likeness (QED) is 0.784. The summed E-state index contributed by atoms with van der Waals surface area (Å²) >= 11 is 1.71. The van der Waals surface area contributed by atoms with E-state index >= 15 is 0 Å². The fraction of sp³-hybridized carbons (Fsp3) is 0.917. The van der Waals surface area contributed by atoms with Crippen molar-refractivity contribution in [1.82, 2.24) is 0 Å². The summed E-state index contributed by atoms with van der Waals surface area (Å²) in [5, 5.41) is 9.58. The van der Waals surface area contributed by atoms with Gasteiger partial charge in [-0.05, 0) is 18.8 Å². The SMILES string of the molecule is CCC(C)C(SC1CCCCC1)C(=O)O. The van der Waals surface area contributed by atoms with E-state index in [4.69, 9.17) is 0 Å². The first kappa shape index (κ1) is 12.9. The average Bonchev–Trinajstić information content (AvgIpc) is 2.26. The van der Waals surface area contributed by atoms with Crippen LogP contribution in [0.15, 0.2) is 0 Å². The van der Waals surface area contributed by atoms with Gasteiger partial charge in [-0.1, -0.05) is 39.5 Å². The third-order valence-corrected chi connectivity index (χ3v) is 5.11. The summed E-state index contributed by atoms with van der Waals surface area (Å²) < 4.78 is 0. The van der Waals surface area contributed by atoms with Crippen LogP contribution < -0.4 is 0 Å². The average molecular weight is 230 g/mol. The molecule has 15 heavy (non-hydrogen) atoms. The van der Waals surface area contributed by atoms with E-state index in [-0.39, 0.29) is 11.2 Å². The van der Waals surface area contributed by atoms with Gasteiger partial charge in [0.25, 0.3) is 0 Å². The van der Waals surface area contributed by atoms with Gasteiger partial charge in [-0.3, -0.25) is 4.79 Å². The number of carboxylic acid groups (broad SMARTS) is 1. The van der Waals surface area contributed by atoms with Gasteiger partial charge in [0.1, 0.15) is 5.25 Å². The van der Waals surface area contributed by atoms with Crippen LogP contribution in [0.3, 0.4) is 0 Å². The Morgan fingerprint density at radius 2 is 2.00 bits per heavy atom. The third kappa shape index (κ3) is 4.06. The molecule has 1 fully saturated rings. The predicted octanol–water partition coefficient (Wildman–Crippen LogP) is 3.55. The van der Waals surface area contributed by atoms with Crippen molar-refractivity contribution in [1.29, 1.82) is 0 Å². The molecule has 88 valence electrons. The molecular formula is C12H22O2S. The van der Waals surface area contributed by atoms with E-state index in [1.807, 2.05) is 0 Å². The maximum absolute atomic E-state index is 11.2. The van der Waals surface area contributed by atoms with Gasteiger partial charge in [0.05, 0.1) is 0 Å². The molecule has 0 aromatic heterocycles. The molecular weight excluding hydrogens is 208 g/mol. The lowest BCUT2D eigenvalue weighted by molar-refractivity contribution is -0.137. The molecule has 0 aliphatic heterocycles. The molecule has 0 aromatic rings. The Labute approximate surface area is 96.8 Å². The summed E-state index contributed by atoms with van der Waals surface area (Å²) in [6, 6.07) is 0. The second kappa shape index (κ2) is 6.41. The van der Waals surface area contributed by atoms with Crippen molar-refractivity contribution in [2.75, 3.05) is 0 Å². The first-order valence-electron chi connectivity index (χ1n) is 6.03. The van der Waals surface area contributed by atoms with E-state index in [0.29, 0.717) is 5.25 Å². The highest BCUT2D eigenvalue weighted by Gasteiger charge is 2.28. The van der Waals surface area contributed by atoms with Gasteiger partial charge >= 0.3 is 5.97 Å². The molecule has 2 unspecified atom stereocenters. The fourth-order valence-corrected chi connectivity index (χ4v) is 3.66. The minimum absolute atomic E-state index is 0.196. The van der Waals surface area contributed by atoms with E-state index in [2.05, 4.69) is 13.8 Å². The van der Waals surface area contributed by atoms with E-state index in [1.165, 1.54) is 32.1 Å². The standard InChI is InChI=1S/C12H22O2S/c1-3-9(2)11(12(13)14)15-10-7-5-4-6-8-10/h9-11H,3-8H2,1-2H3,(H,13,14). The fourth-order valence-electron chi connectivity index (χ4n) is 2.06. The zero-order chi connectivity index (χ0) is 11.3. The van der Waals surface area contributed by atoms with Gasteiger partial charge < -0.3 is 5.11 Å². The number of carbonyl (C=O) groups is 1. The molecule has 0 saturated heterocycles. The first-order valence-corrected chi connectivity index (χ1v) is 6.97. The second-order valence-electron chi connectivity index (χ2n) is 4.54. The van der Waals surface area contributed by atoms with Gasteiger partial charge in [0.15, 0.2) is 0 Å². The third-order valence-electron chi connectivity index (χ3n) is 3.30. The van der Waals surface area contributed by atoms with Crippen molar-refractivity contribution >= 4 is 17.7 Å². The minimum Gasteiger partial charge on any atom is -0.480 e. The van der Waals surface area contributed by atoms with E-state index in [0.717, 1.165) is 6.42 Å². The molecule has 2 atom stereocenters. The molecule has 0 spiro atoms. The second-order valence-corrected chi connectivity index (χ2v) is 5.99. The lowest BCUT2D eigenvalue weighted by atomic mass is 10.0. The highest BCUT2D eigenvalue weighted by atomic mass is 32.2. The monoisotopic (exact) mass is 230 g/mol. The summed E-state index contributed by atoms with van der Waals surface area (Å²) in [5.74, 6) is -0.339. The highest BCUT2D eigenvalue weighted by molar-refractivity contribution is 8.01. The Bertz CT molecular complexity index is 200. The molecule has 2 nitrogen and oxygen atoms in total. The number of rotatable bonds is 5. The number of carboxylic acids is 1. The first-order chi connectivity index (χ1) is 7.15. The predicted molar refractivity (Wildman–Crippen MR) is 65.3 cm³/mol. The van der Waals surface area contributed by atoms with Crippen LogP contribution >= 0.6 is 11.8 Å². The van der Waals surface area contributed by atoms with E-state index < -0.39 is 5.97 Å². The Morgan fingerprint density at radius 3 is 2.47 bits per heavy atom. The lowest BCUT2D eigenvalue weighted by Gasteiger charge is -2.26. The number of thioether (sulfide) groups is 1. The molecule has 1 N–H and O–H groups in total. The number of hydrogen-bond acceptors (Lipinski definition) is 2. The summed E-state index contributed by atoms with van der Waals surface area (Å²) in [4.78, 5) is 11.2. The molecule has 0 bridgehead atoms. The molecule has 0 amide bonds. The van der Waals surface area contributed by atoms with Gasteiger partial charge in [0, 0.05) is 5.25 Å². The summed E-state index contributed by atoms with van der Waals surface area (Å²) in [7, 11) is 0. The van der Waals surface area contributed by atoms with Crippen LogP contribution in [0.4, 0.5) is 0 Å². The molecule has 0 aromatic carbocycles. The van der Waals surface area contributed by atoms with Crippen LogP contribution in [0.25, 0.3) is 0 Å². The lowest BCUT2D eigenvalue weighted by Crippen LogP contribution is -2.27. The Kier molecular flexibility index (Phi) is 5.51. The Morgan fingerprint density at radius 1 is 1.40 bits per heavy atom. The van der Waals surface area contributed by atoms with Gasteiger partial charge in [0.2, 0.25) is 0 Å². The van der Waals surface area contributed by atoms with Crippen molar-refractivity contribution in [3.63, 3.8) is 0 Å². The molecule has 1 saturated carbocycles. The van der Waals surface area contributed by atoms with Crippen molar-refractivity contribution in [2.45, 2.75) is 62.9 Å². The number of hydrogen-bond donors (Lipinski definition) is 1. The summed E-state index contributed by atoms with van der Waals surface area (Å²) in [6.45, 7) is 4.12. The molecule has 0 heterocycles. The normalized spacial score (nSPS) is 22.3. The van der Waals surface area contributed by atoms with E-state index in [1.54, 1.807) is 11.8 Å². The van der Waals surface area contributed by atoms with Crippen LogP contribution in [-0.2, 0) is 4.79 Å². The molecule has 1 rings (SSSR count). The molecule has 0 radical (unpaired) electrons. The largest absolute Gasteiger partial charge is 0.480 e. The summed E-state index contributed by atoms with van der Waals surface area (Å²) in [5.41, 5.74) is 0. The van der Waals surface area contributed by atoms with Crippen LogP contribution in [0.2, 0.25) is 0 Å². The minimum atomic E-state index is -0.625. The topological polar surface area (TPSA) is 37.3 Å². The van der Waals surface area contributed by atoms with Crippen LogP contribution in [0.1, 0.15) is 52.4 Å². The molecule has 1 aliphatic rings. The van der Waals surface area contributed by atoms with E-state index in [9.17, 15) is 9.90 Å². The number of aliphatic carboxylic acids is 1. The van der Waals surface area contributed by atoms with Crippen molar-refractivity contribution in [3.8, 4) is 0 Å². The van der Waals surface area contributed by atoms with Crippen molar-refractivity contribution in [3.05, 3.63) is 0 Å². The van der Waals surface area contributed by atoms with Crippen LogP contribution in [0.5, 0.6) is 0 Å². The van der Waals surface area contributed by atoms with Crippen LogP contribution in [0, 0.1) is 5.92 Å². The van der Waals surface area contributed by atoms with Gasteiger partial charge in [-0.15, -0.1) is 11.8 Å². The smallest absolute Gasteiger partial charge is 0.316 e. The molecule has 1 aliphatic carbocycles. The maximum Gasteiger partial charge on any atom is 0.316 e. The highest BCUT2D eigenvalue weighted by Crippen LogP contribution is 2.34. The zero-order valence-corrected chi connectivity index (χ0v) is 10.6. The van der Waals surface area contributed by atoms with Crippen molar-refractivity contribution in [2.24, 2.45) is 5.92 Å². The zero-order valence-electron chi connectivity index (χ0n) is 9.74. The van der Waals surface area contributed by atoms with Gasteiger partial charge in [-0.25, -0.2) is 0 Å². The van der Waals surface area contributed by atoms with Crippen molar-refractivity contribution < 1.29 is 9.90 Å². The Balaban J connectivity index is 2.45. The van der Waals surface area contributed by atoms with Gasteiger partial charge in [-0.2, -0.15) is 0 Å². The molecule has 3 heteroatoms. The summed E-state index contributed by atoms with van der Waals surface area (Å²) in [6.07, 6.45) is 7.28. The Hall–Kier alpha value is -0.180. The van der Waals surface area contributed by atoms with Crippen LogP contribution in [-0.4, -0.2) is 21.6 Å².